The smallest absolute Gasteiger partial charge is 0.155 e. The molecule has 0 aromatic rings. The molecule has 0 aliphatic carbocycles. The molecule has 0 spiro atoms. The van der Waals surface area contributed by atoms with Crippen molar-refractivity contribution in [2.45, 2.75) is 26.7 Å². The Morgan fingerprint density at radius 3 is 2.50 bits per heavy atom. The predicted octanol–water partition coefficient (Wildman–Crippen LogP) is 1.29. The van der Waals surface area contributed by atoms with Crippen molar-refractivity contribution in [3.8, 4) is 0 Å². The van der Waals surface area contributed by atoms with Crippen LogP contribution in [0, 0.1) is 0 Å². The normalized spacial score (nSPS) is 11.7. The van der Waals surface area contributed by atoms with E-state index >= 15 is 0 Å². The topological polar surface area (TPSA) is 37.3 Å². The predicted molar refractivity (Wildman–Crippen MR) is 40.8 cm³/mol. The van der Waals surface area contributed by atoms with Crippen molar-refractivity contribution in [1.29, 1.82) is 0 Å². The molecular weight excluding hydrogens is 128 g/mol. The van der Waals surface area contributed by atoms with E-state index in [4.69, 9.17) is 5.11 Å². The van der Waals surface area contributed by atoms with Gasteiger partial charge in [-0.3, -0.25) is 4.79 Å². The summed E-state index contributed by atoms with van der Waals surface area (Å²) in [4.78, 5) is 10.7. The fourth-order valence-electron chi connectivity index (χ4n) is 0.789. The Balaban J connectivity index is 3.98. The maximum absolute atomic E-state index is 10.7. The Labute approximate surface area is 61.6 Å². The van der Waals surface area contributed by atoms with E-state index in [2.05, 4.69) is 0 Å². The average molecular weight is 142 g/mol. The molecule has 0 saturated heterocycles. The van der Waals surface area contributed by atoms with E-state index in [-0.39, 0.29) is 12.4 Å². The standard InChI is InChI=1S/C8H14O2/c1-3-4-8(5-6-9)7(2)10/h4,9H,3,5-6H2,1-2H3. The summed E-state index contributed by atoms with van der Waals surface area (Å²) < 4.78 is 0. The summed E-state index contributed by atoms with van der Waals surface area (Å²) in [5.41, 5.74) is 0.741. The zero-order chi connectivity index (χ0) is 7.98. The third-order valence-electron chi connectivity index (χ3n) is 1.28. The first-order chi connectivity index (χ1) is 4.72. The summed E-state index contributed by atoms with van der Waals surface area (Å²) in [6, 6.07) is 0. The van der Waals surface area contributed by atoms with Crippen LogP contribution in [-0.2, 0) is 4.79 Å². The van der Waals surface area contributed by atoms with Crippen LogP contribution in [-0.4, -0.2) is 17.5 Å². The van der Waals surface area contributed by atoms with Crippen molar-refractivity contribution in [1.82, 2.24) is 0 Å². The molecule has 0 rings (SSSR count). The highest BCUT2D eigenvalue weighted by atomic mass is 16.3. The fraction of sp³-hybridized carbons (Fsp3) is 0.625. The number of rotatable bonds is 4. The molecule has 1 N–H and O–H groups in total. The largest absolute Gasteiger partial charge is 0.396 e. The Bertz CT molecular complexity index is 136. The van der Waals surface area contributed by atoms with E-state index in [1.807, 2.05) is 13.0 Å². The van der Waals surface area contributed by atoms with E-state index in [9.17, 15) is 4.79 Å². The fourth-order valence-corrected chi connectivity index (χ4v) is 0.789. The minimum Gasteiger partial charge on any atom is -0.396 e. The van der Waals surface area contributed by atoms with Crippen molar-refractivity contribution in [2.24, 2.45) is 0 Å². The molecule has 0 aromatic heterocycles. The number of aliphatic hydroxyl groups is 1. The van der Waals surface area contributed by atoms with Gasteiger partial charge in [-0.2, -0.15) is 0 Å². The second-order valence-corrected chi connectivity index (χ2v) is 2.17. The summed E-state index contributed by atoms with van der Waals surface area (Å²) in [7, 11) is 0. The third kappa shape index (κ3) is 3.41. The van der Waals surface area contributed by atoms with Gasteiger partial charge in [0.1, 0.15) is 0 Å². The number of carbonyl (C=O) groups is 1. The van der Waals surface area contributed by atoms with Crippen molar-refractivity contribution < 1.29 is 9.90 Å². The third-order valence-corrected chi connectivity index (χ3v) is 1.28. The van der Waals surface area contributed by atoms with Crippen LogP contribution < -0.4 is 0 Å². The van der Waals surface area contributed by atoms with Crippen LogP contribution >= 0.6 is 0 Å². The van der Waals surface area contributed by atoms with Crippen molar-refractivity contribution in [3.05, 3.63) is 11.6 Å². The van der Waals surface area contributed by atoms with Gasteiger partial charge in [-0.25, -0.2) is 0 Å². The molecule has 0 bridgehead atoms. The maximum Gasteiger partial charge on any atom is 0.155 e. The Kier molecular flexibility index (Phi) is 4.85. The van der Waals surface area contributed by atoms with E-state index in [1.54, 1.807) is 0 Å². The molecule has 0 aliphatic heterocycles. The summed E-state index contributed by atoms with van der Waals surface area (Å²) in [5.74, 6) is 0.0656. The molecule has 2 heteroatoms. The van der Waals surface area contributed by atoms with E-state index < -0.39 is 0 Å². The maximum atomic E-state index is 10.7. The number of hydrogen-bond acceptors (Lipinski definition) is 2. The van der Waals surface area contributed by atoms with Crippen molar-refractivity contribution >= 4 is 5.78 Å². The number of ketones is 1. The molecule has 2 nitrogen and oxygen atoms in total. The van der Waals surface area contributed by atoms with Gasteiger partial charge in [-0.05, 0) is 25.3 Å². The van der Waals surface area contributed by atoms with Crippen LogP contribution in [0.3, 0.4) is 0 Å². The molecule has 0 unspecified atom stereocenters. The van der Waals surface area contributed by atoms with Crippen LogP contribution in [0.4, 0.5) is 0 Å². The highest BCUT2D eigenvalue weighted by Gasteiger charge is 2.00. The van der Waals surface area contributed by atoms with Crippen molar-refractivity contribution in [3.63, 3.8) is 0 Å². The van der Waals surface area contributed by atoms with E-state index in [0.717, 1.165) is 12.0 Å². The summed E-state index contributed by atoms with van der Waals surface area (Å²) in [6.45, 7) is 3.56. The lowest BCUT2D eigenvalue weighted by atomic mass is 10.1. The molecule has 0 radical (unpaired) electrons. The molecule has 0 aromatic carbocycles. The van der Waals surface area contributed by atoms with Gasteiger partial charge in [-0.15, -0.1) is 0 Å². The monoisotopic (exact) mass is 142 g/mol. The summed E-state index contributed by atoms with van der Waals surface area (Å²) >= 11 is 0. The first kappa shape index (κ1) is 9.37. The molecule has 58 valence electrons. The molecule has 0 saturated carbocycles. The van der Waals surface area contributed by atoms with Gasteiger partial charge < -0.3 is 5.11 Å². The van der Waals surface area contributed by atoms with Gasteiger partial charge in [-0.1, -0.05) is 13.0 Å². The Morgan fingerprint density at radius 1 is 1.60 bits per heavy atom. The molecule has 0 heterocycles. The summed E-state index contributed by atoms with van der Waals surface area (Å²) in [5, 5.41) is 8.52. The quantitative estimate of drug-likeness (QED) is 0.600. The molecule has 0 atom stereocenters. The first-order valence-corrected chi connectivity index (χ1v) is 3.53. The van der Waals surface area contributed by atoms with E-state index in [0.29, 0.717) is 6.42 Å². The molecule has 0 aliphatic rings. The minimum atomic E-state index is 0.0609. The first-order valence-electron chi connectivity index (χ1n) is 3.53. The SMILES string of the molecule is CCC=C(CCO)C(C)=O. The minimum absolute atomic E-state index is 0.0609. The lowest BCUT2D eigenvalue weighted by Crippen LogP contribution is -1.98. The van der Waals surface area contributed by atoms with Gasteiger partial charge >= 0.3 is 0 Å². The van der Waals surface area contributed by atoms with Crippen LogP contribution in [0.2, 0.25) is 0 Å². The highest BCUT2D eigenvalue weighted by Crippen LogP contribution is 2.02. The number of allylic oxidation sites excluding steroid dienone is 1. The number of carbonyl (C=O) groups excluding carboxylic acids is 1. The van der Waals surface area contributed by atoms with Crippen LogP contribution in [0.5, 0.6) is 0 Å². The van der Waals surface area contributed by atoms with Gasteiger partial charge in [0.05, 0.1) is 0 Å². The number of aliphatic hydroxyl groups excluding tert-OH is 1. The average Bonchev–Trinajstić information content (AvgIpc) is 1.87. The molecule has 10 heavy (non-hydrogen) atoms. The number of Topliss-reactive ketones (excluding diaryl/α,β-unsaturated/α-hetero) is 1. The Morgan fingerprint density at radius 2 is 2.20 bits per heavy atom. The van der Waals surface area contributed by atoms with Gasteiger partial charge in [0.25, 0.3) is 0 Å². The van der Waals surface area contributed by atoms with Gasteiger partial charge in [0.2, 0.25) is 0 Å². The van der Waals surface area contributed by atoms with Gasteiger partial charge in [0, 0.05) is 6.61 Å². The molecule has 0 amide bonds. The second-order valence-electron chi connectivity index (χ2n) is 2.17. The van der Waals surface area contributed by atoms with Crippen LogP contribution in [0.25, 0.3) is 0 Å². The lowest BCUT2D eigenvalue weighted by Gasteiger charge is -1.98. The van der Waals surface area contributed by atoms with E-state index in [1.165, 1.54) is 6.92 Å². The summed E-state index contributed by atoms with van der Waals surface area (Å²) in [6.07, 6.45) is 3.20. The zero-order valence-corrected chi connectivity index (χ0v) is 6.55. The van der Waals surface area contributed by atoms with Gasteiger partial charge in [0.15, 0.2) is 5.78 Å². The van der Waals surface area contributed by atoms with Crippen molar-refractivity contribution in [2.75, 3.05) is 6.61 Å². The number of hydrogen-bond donors (Lipinski definition) is 1. The van der Waals surface area contributed by atoms with Crippen LogP contribution in [0.1, 0.15) is 26.7 Å². The Hall–Kier alpha value is -0.630. The van der Waals surface area contributed by atoms with Crippen LogP contribution in [0.15, 0.2) is 11.6 Å². The highest BCUT2D eigenvalue weighted by molar-refractivity contribution is 5.93. The molecular formula is C8H14O2. The second kappa shape index (κ2) is 5.18. The zero-order valence-electron chi connectivity index (χ0n) is 6.55. The molecule has 0 fully saturated rings. The lowest BCUT2D eigenvalue weighted by molar-refractivity contribution is -0.113.